The van der Waals surface area contributed by atoms with Gasteiger partial charge in [-0.25, -0.2) is 4.42 Å². The predicted molar refractivity (Wildman–Crippen MR) is 83.7 cm³/mol. The van der Waals surface area contributed by atoms with Gasteiger partial charge in [-0.2, -0.15) is 0 Å². The molecule has 0 saturated carbocycles. The molecule has 0 radical (unpaired) electrons. The maximum atomic E-state index is 6.36. The zero-order chi connectivity index (χ0) is 13.9. The second-order valence-electron chi connectivity index (χ2n) is 4.64. The van der Waals surface area contributed by atoms with E-state index in [9.17, 15) is 0 Å². The van der Waals surface area contributed by atoms with Gasteiger partial charge in [0.1, 0.15) is 0 Å². The van der Waals surface area contributed by atoms with Gasteiger partial charge < -0.3 is 0 Å². The van der Waals surface area contributed by atoms with Crippen LogP contribution in [-0.2, 0) is 0 Å². The summed E-state index contributed by atoms with van der Waals surface area (Å²) in [6, 6.07) is 21.9. The van der Waals surface area contributed by atoms with E-state index in [0.29, 0.717) is 5.02 Å². The van der Waals surface area contributed by atoms with Crippen molar-refractivity contribution >= 4 is 11.6 Å². The standard InChI is InChI=1S/C18H14ClO/c1-13-16(19)12-17(14-8-4-2-5-9-14)20-18(13)15-10-6-3-7-11-15/h2-12H,1H3/q+1. The Morgan fingerprint density at radius 1 is 0.800 bits per heavy atom. The van der Waals surface area contributed by atoms with Crippen LogP contribution in [0.2, 0.25) is 5.02 Å². The van der Waals surface area contributed by atoms with Crippen molar-refractivity contribution in [2.45, 2.75) is 6.92 Å². The van der Waals surface area contributed by atoms with Crippen molar-refractivity contribution in [2.24, 2.45) is 0 Å². The monoisotopic (exact) mass is 281 g/mol. The fourth-order valence-corrected chi connectivity index (χ4v) is 2.34. The fraction of sp³-hybridized carbons (Fsp3) is 0.0556. The minimum Gasteiger partial charge on any atom is -0.206 e. The van der Waals surface area contributed by atoms with Gasteiger partial charge in [-0.15, -0.1) is 0 Å². The van der Waals surface area contributed by atoms with Crippen LogP contribution in [0, 0.1) is 6.92 Å². The van der Waals surface area contributed by atoms with Crippen molar-refractivity contribution in [2.75, 3.05) is 0 Å². The molecule has 3 rings (SSSR count). The third-order valence-corrected chi connectivity index (χ3v) is 3.66. The predicted octanol–water partition coefficient (Wildman–Crippen LogP) is 5.86. The number of hydrogen-bond acceptors (Lipinski definition) is 0. The number of benzene rings is 2. The van der Waals surface area contributed by atoms with Crippen molar-refractivity contribution in [1.29, 1.82) is 0 Å². The Labute approximate surface area is 123 Å². The zero-order valence-corrected chi connectivity index (χ0v) is 11.9. The molecule has 1 aromatic heterocycles. The van der Waals surface area contributed by atoms with Crippen molar-refractivity contribution in [3.8, 4) is 22.6 Å². The molecule has 0 aliphatic carbocycles. The highest BCUT2D eigenvalue weighted by Gasteiger charge is 2.23. The van der Waals surface area contributed by atoms with E-state index in [1.807, 2.05) is 73.7 Å². The summed E-state index contributed by atoms with van der Waals surface area (Å²) in [5, 5.41) is 0.717. The molecule has 2 heteroatoms. The topological polar surface area (TPSA) is 11.3 Å². The van der Waals surface area contributed by atoms with Crippen LogP contribution in [0.5, 0.6) is 0 Å². The Morgan fingerprint density at radius 2 is 1.35 bits per heavy atom. The van der Waals surface area contributed by atoms with Gasteiger partial charge in [0.25, 0.3) is 0 Å². The molecule has 98 valence electrons. The number of hydrogen-bond donors (Lipinski definition) is 0. The molecule has 0 aliphatic rings. The summed E-state index contributed by atoms with van der Waals surface area (Å²) in [5.74, 6) is 1.59. The third kappa shape index (κ3) is 2.45. The molecule has 0 N–H and O–H groups in total. The van der Waals surface area contributed by atoms with E-state index >= 15 is 0 Å². The van der Waals surface area contributed by atoms with Crippen molar-refractivity contribution in [1.82, 2.24) is 0 Å². The third-order valence-electron chi connectivity index (χ3n) is 3.26. The molecule has 3 aromatic rings. The second kappa shape index (κ2) is 5.48. The lowest BCUT2D eigenvalue weighted by Gasteiger charge is -2.00. The molecule has 0 amide bonds. The number of rotatable bonds is 2. The van der Waals surface area contributed by atoms with E-state index in [0.717, 1.165) is 28.2 Å². The Kier molecular flexibility index (Phi) is 3.53. The average molecular weight is 282 g/mol. The van der Waals surface area contributed by atoms with Crippen molar-refractivity contribution < 1.29 is 4.42 Å². The molecule has 20 heavy (non-hydrogen) atoms. The molecule has 0 fully saturated rings. The molecule has 0 atom stereocenters. The van der Waals surface area contributed by atoms with E-state index in [1.54, 1.807) is 0 Å². The summed E-state index contributed by atoms with van der Waals surface area (Å²) in [7, 11) is 0. The van der Waals surface area contributed by atoms with Crippen LogP contribution >= 0.6 is 11.6 Å². The van der Waals surface area contributed by atoms with Gasteiger partial charge in [-0.1, -0.05) is 48.0 Å². The summed E-state index contributed by atoms with van der Waals surface area (Å²) < 4.78 is 6.08. The van der Waals surface area contributed by atoms with E-state index in [-0.39, 0.29) is 0 Å². The first-order valence-electron chi connectivity index (χ1n) is 6.50. The molecule has 1 heterocycles. The highest BCUT2D eigenvalue weighted by molar-refractivity contribution is 6.31. The van der Waals surface area contributed by atoms with Gasteiger partial charge in [0.05, 0.1) is 27.8 Å². The summed E-state index contributed by atoms with van der Waals surface area (Å²) in [5.41, 5.74) is 3.01. The van der Waals surface area contributed by atoms with Crippen molar-refractivity contribution in [3.63, 3.8) is 0 Å². The summed E-state index contributed by atoms with van der Waals surface area (Å²) in [6.45, 7) is 1.98. The van der Waals surface area contributed by atoms with E-state index in [1.165, 1.54) is 0 Å². The first-order valence-corrected chi connectivity index (χ1v) is 6.87. The lowest BCUT2D eigenvalue weighted by molar-refractivity contribution is 0.578. The Morgan fingerprint density at radius 3 is 1.95 bits per heavy atom. The van der Waals surface area contributed by atoms with Crippen LogP contribution in [0.25, 0.3) is 22.6 Å². The lowest BCUT2D eigenvalue weighted by atomic mass is 10.1. The van der Waals surface area contributed by atoms with Gasteiger partial charge in [-0.3, -0.25) is 0 Å². The minimum absolute atomic E-state index is 0.717. The lowest BCUT2D eigenvalue weighted by Crippen LogP contribution is -1.87. The molecular formula is C18H14ClO+. The van der Waals surface area contributed by atoms with Crippen LogP contribution in [0.15, 0.2) is 71.1 Å². The van der Waals surface area contributed by atoms with Crippen molar-refractivity contribution in [3.05, 3.63) is 77.3 Å². The highest BCUT2D eigenvalue weighted by Crippen LogP contribution is 2.34. The van der Waals surface area contributed by atoms with Gasteiger partial charge in [-0.05, 0) is 31.2 Å². The van der Waals surface area contributed by atoms with E-state index in [2.05, 4.69) is 0 Å². The summed E-state index contributed by atoms with van der Waals surface area (Å²) in [6.07, 6.45) is 0. The zero-order valence-electron chi connectivity index (χ0n) is 11.1. The second-order valence-corrected chi connectivity index (χ2v) is 5.05. The Hall–Kier alpha value is -2.12. The van der Waals surface area contributed by atoms with Gasteiger partial charge in [0, 0.05) is 0 Å². The molecule has 0 saturated heterocycles. The smallest absolute Gasteiger partial charge is 0.206 e. The van der Waals surface area contributed by atoms with Gasteiger partial charge >= 0.3 is 11.5 Å². The van der Waals surface area contributed by atoms with E-state index in [4.69, 9.17) is 16.0 Å². The number of halogens is 1. The molecule has 0 unspecified atom stereocenters. The maximum Gasteiger partial charge on any atom is 0.365 e. The average Bonchev–Trinajstić information content (AvgIpc) is 2.51. The van der Waals surface area contributed by atoms with Gasteiger partial charge in [0.15, 0.2) is 0 Å². The first kappa shape index (κ1) is 12.9. The molecular weight excluding hydrogens is 268 g/mol. The molecule has 0 bridgehead atoms. The van der Waals surface area contributed by atoms with E-state index < -0.39 is 0 Å². The Balaban J connectivity index is 2.19. The SMILES string of the molecule is Cc1c(Cl)cc(-c2ccccc2)[o+]c1-c1ccccc1. The highest BCUT2D eigenvalue weighted by atomic mass is 35.5. The van der Waals surface area contributed by atoms with Crippen LogP contribution in [0.4, 0.5) is 0 Å². The molecule has 0 aliphatic heterocycles. The van der Waals surface area contributed by atoms with Crippen LogP contribution in [0.1, 0.15) is 5.56 Å². The minimum atomic E-state index is 0.717. The first-order chi connectivity index (χ1) is 9.75. The van der Waals surface area contributed by atoms with Crippen LogP contribution in [0.3, 0.4) is 0 Å². The quantitative estimate of drug-likeness (QED) is 0.536. The normalized spacial score (nSPS) is 10.5. The summed E-state index contributed by atoms with van der Waals surface area (Å²) >= 11 is 6.36. The largest absolute Gasteiger partial charge is 0.365 e. The molecule has 0 spiro atoms. The molecule has 2 aromatic carbocycles. The maximum absolute atomic E-state index is 6.36. The Bertz CT molecular complexity index is 721. The molecule has 1 nitrogen and oxygen atoms in total. The van der Waals surface area contributed by atoms with Crippen LogP contribution in [-0.4, -0.2) is 0 Å². The fourth-order valence-electron chi connectivity index (χ4n) is 2.16. The summed E-state index contributed by atoms with van der Waals surface area (Å²) in [4.78, 5) is 0. The van der Waals surface area contributed by atoms with Gasteiger partial charge in [0.2, 0.25) is 0 Å². The van der Waals surface area contributed by atoms with Crippen LogP contribution < -0.4 is 0 Å².